The van der Waals surface area contributed by atoms with Gasteiger partial charge in [0.25, 0.3) is 0 Å². The predicted molar refractivity (Wildman–Crippen MR) is 66.3 cm³/mol. The number of hydrogen-bond acceptors (Lipinski definition) is 2. The van der Waals surface area contributed by atoms with E-state index in [0.717, 1.165) is 5.69 Å². The largest absolute Gasteiger partial charge is 0.461 e. The standard InChI is InChI=1S/C14H13F2NO2/c1-2-19-13(18)14(15,16)11-5-7-12(8-6-11)17-9-3-4-10-17/h3-10H,2H2,1H3. The summed E-state index contributed by atoms with van der Waals surface area (Å²) in [4.78, 5) is 11.2. The molecule has 19 heavy (non-hydrogen) atoms. The molecular formula is C14H13F2NO2. The molecule has 0 saturated heterocycles. The van der Waals surface area contributed by atoms with Gasteiger partial charge in [-0.3, -0.25) is 0 Å². The number of alkyl halides is 2. The molecule has 2 rings (SSSR count). The molecule has 5 heteroatoms. The van der Waals surface area contributed by atoms with Crippen molar-refractivity contribution in [1.82, 2.24) is 4.57 Å². The minimum absolute atomic E-state index is 0.0735. The molecule has 0 bridgehead atoms. The first-order valence-electron chi connectivity index (χ1n) is 5.84. The summed E-state index contributed by atoms with van der Waals surface area (Å²) in [5.41, 5.74) is 0.371. The smallest absolute Gasteiger partial charge is 0.381 e. The maximum absolute atomic E-state index is 13.7. The lowest BCUT2D eigenvalue weighted by Crippen LogP contribution is -2.28. The Morgan fingerprint density at radius 2 is 1.79 bits per heavy atom. The highest BCUT2D eigenvalue weighted by atomic mass is 19.3. The van der Waals surface area contributed by atoms with Gasteiger partial charge in [0, 0.05) is 23.6 Å². The Kier molecular flexibility index (Phi) is 3.64. The van der Waals surface area contributed by atoms with E-state index >= 15 is 0 Å². The van der Waals surface area contributed by atoms with Gasteiger partial charge in [0.05, 0.1) is 6.61 Å². The highest BCUT2D eigenvalue weighted by Gasteiger charge is 2.42. The molecular weight excluding hydrogens is 252 g/mol. The monoisotopic (exact) mass is 265 g/mol. The molecule has 0 spiro atoms. The first kappa shape index (κ1) is 13.3. The number of ether oxygens (including phenoxy) is 1. The van der Waals surface area contributed by atoms with Crippen molar-refractivity contribution in [2.45, 2.75) is 12.8 Å². The van der Waals surface area contributed by atoms with E-state index in [-0.39, 0.29) is 12.2 Å². The van der Waals surface area contributed by atoms with Crippen molar-refractivity contribution in [1.29, 1.82) is 0 Å². The van der Waals surface area contributed by atoms with Crippen molar-refractivity contribution < 1.29 is 18.3 Å². The van der Waals surface area contributed by atoms with Gasteiger partial charge in [0.2, 0.25) is 0 Å². The Hall–Kier alpha value is -2.17. The van der Waals surface area contributed by atoms with Gasteiger partial charge in [-0.2, -0.15) is 8.78 Å². The van der Waals surface area contributed by atoms with E-state index in [2.05, 4.69) is 4.74 Å². The number of hydrogen-bond donors (Lipinski definition) is 0. The molecule has 0 fully saturated rings. The van der Waals surface area contributed by atoms with Crippen molar-refractivity contribution in [3.8, 4) is 5.69 Å². The van der Waals surface area contributed by atoms with Gasteiger partial charge in [0.15, 0.2) is 0 Å². The molecule has 1 heterocycles. The minimum Gasteiger partial charge on any atom is -0.461 e. The molecule has 3 nitrogen and oxygen atoms in total. The van der Waals surface area contributed by atoms with Gasteiger partial charge < -0.3 is 9.30 Å². The van der Waals surface area contributed by atoms with Crippen molar-refractivity contribution in [2.24, 2.45) is 0 Å². The van der Waals surface area contributed by atoms with E-state index in [4.69, 9.17) is 0 Å². The molecule has 1 aromatic carbocycles. The minimum atomic E-state index is -3.62. The molecule has 1 aromatic heterocycles. The van der Waals surface area contributed by atoms with Crippen molar-refractivity contribution in [2.75, 3.05) is 6.61 Å². The van der Waals surface area contributed by atoms with Crippen LogP contribution in [0.2, 0.25) is 0 Å². The Bertz CT molecular complexity index is 547. The van der Waals surface area contributed by atoms with E-state index in [1.54, 1.807) is 17.0 Å². The van der Waals surface area contributed by atoms with Crippen molar-refractivity contribution >= 4 is 5.97 Å². The molecule has 0 aliphatic heterocycles. The second-order valence-corrected chi connectivity index (χ2v) is 3.93. The highest BCUT2D eigenvalue weighted by Crippen LogP contribution is 2.30. The lowest BCUT2D eigenvalue weighted by atomic mass is 10.1. The van der Waals surface area contributed by atoms with Gasteiger partial charge in [-0.25, -0.2) is 4.79 Å². The number of halogens is 2. The van der Waals surface area contributed by atoms with Gasteiger partial charge >= 0.3 is 11.9 Å². The first-order chi connectivity index (χ1) is 9.05. The van der Waals surface area contributed by atoms with Crippen LogP contribution in [-0.4, -0.2) is 17.1 Å². The number of aromatic nitrogens is 1. The van der Waals surface area contributed by atoms with Crippen LogP contribution in [0.5, 0.6) is 0 Å². The summed E-state index contributed by atoms with van der Waals surface area (Å²) < 4.78 is 33.6. The van der Waals surface area contributed by atoms with Crippen LogP contribution < -0.4 is 0 Å². The molecule has 0 unspecified atom stereocenters. The van der Waals surface area contributed by atoms with Gasteiger partial charge in [-0.15, -0.1) is 0 Å². The first-order valence-corrected chi connectivity index (χ1v) is 5.84. The molecule has 100 valence electrons. The second kappa shape index (κ2) is 5.22. The Balaban J connectivity index is 2.25. The normalized spacial score (nSPS) is 11.3. The maximum atomic E-state index is 13.7. The highest BCUT2D eigenvalue weighted by molar-refractivity contribution is 5.79. The molecule has 0 aliphatic rings. The summed E-state index contributed by atoms with van der Waals surface area (Å²) in [6.45, 7) is 1.42. The van der Waals surface area contributed by atoms with Crippen molar-refractivity contribution in [3.63, 3.8) is 0 Å². The fraction of sp³-hybridized carbons (Fsp3) is 0.214. The summed E-state index contributed by atoms with van der Waals surface area (Å²) in [5.74, 6) is -5.14. The fourth-order valence-electron chi connectivity index (χ4n) is 1.69. The molecule has 0 N–H and O–H groups in total. The number of nitrogens with zero attached hydrogens (tertiary/aromatic N) is 1. The Labute approximate surface area is 109 Å². The van der Waals surface area contributed by atoms with Crippen molar-refractivity contribution in [3.05, 3.63) is 54.4 Å². The van der Waals surface area contributed by atoms with Crippen LogP contribution in [0.1, 0.15) is 12.5 Å². The van der Waals surface area contributed by atoms with Crippen LogP contribution in [0, 0.1) is 0 Å². The Morgan fingerprint density at radius 1 is 1.21 bits per heavy atom. The van der Waals surface area contributed by atoms with Gasteiger partial charge in [-0.05, 0) is 31.2 Å². The number of carbonyl (C=O) groups excluding carboxylic acids is 1. The molecule has 0 saturated carbocycles. The van der Waals surface area contributed by atoms with Crippen LogP contribution in [-0.2, 0) is 15.5 Å². The predicted octanol–water partition coefficient (Wildman–Crippen LogP) is 3.13. The average Bonchev–Trinajstić information content (AvgIpc) is 2.93. The van der Waals surface area contributed by atoms with Gasteiger partial charge in [0.1, 0.15) is 0 Å². The number of rotatable bonds is 4. The average molecular weight is 265 g/mol. The quantitative estimate of drug-likeness (QED) is 0.795. The summed E-state index contributed by atoms with van der Waals surface area (Å²) in [6, 6.07) is 9.19. The van der Waals surface area contributed by atoms with E-state index in [1.807, 2.05) is 12.1 Å². The lowest BCUT2D eigenvalue weighted by molar-refractivity contribution is -0.173. The van der Waals surface area contributed by atoms with Crippen LogP contribution in [0.15, 0.2) is 48.8 Å². The van der Waals surface area contributed by atoms with E-state index in [0.29, 0.717) is 0 Å². The second-order valence-electron chi connectivity index (χ2n) is 3.93. The van der Waals surface area contributed by atoms with Crippen LogP contribution in [0.4, 0.5) is 8.78 Å². The molecule has 0 radical (unpaired) electrons. The lowest BCUT2D eigenvalue weighted by Gasteiger charge is -2.15. The third-order valence-corrected chi connectivity index (χ3v) is 2.66. The third-order valence-electron chi connectivity index (χ3n) is 2.66. The summed E-state index contributed by atoms with van der Waals surface area (Å²) in [7, 11) is 0. The number of benzene rings is 1. The maximum Gasteiger partial charge on any atom is 0.381 e. The summed E-state index contributed by atoms with van der Waals surface area (Å²) in [6.07, 6.45) is 3.61. The number of esters is 1. The topological polar surface area (TPSA) is 31.2 Å². The number of carbonyl (C=O) groups is 1. The summed E-state index contributed by atoms with van der Waals surface area (Å²) >= 11 is 0. The van der Waals surface area contributed by atoms with E-state index < -0.39 is 11.9 Å². The van der Waals surface area contributed by atoms with Gasteiger partial charge in [-0.1, -0.05) is 12.1 Å². The molecule has 0 atom stereocenters. The third kappa shape index (κ3) is 2.65. The van der Waals surface area contributed by atoms with E-state index in [1.165, 1.54) is 31.2 Å². The Morgan fingerprint density at radius 3 is 2.32 bits per heavy atom. The van der Waals surface area contributed by atoms with Crippen LogP contribution >= 0.6 is 0 Å². The van der Waals surface area contributed by atoms with Crippen LogP contribution in [0.3, 0.4) is 0 Å². The SMILES string of the molecule is CCOC(=O)C(F)(F)c1ccc(-n2cccc2)cc1. The summed E-state index contributed by atoms with van der Waals surface area (Å²) in [5, 5.41) is 0. The van der Waals surface area contributed by atoms with Crippen LogP contribution in [0.25, 0.3) is 5.69 Å². The van der Waals surface area contributed by atoms with E-state index in [9.17, 15) is 13.6 Å². The zero-order valence-electron chi connectivity index (χ0n) is 10.3. The molecule has 2 aromatic rings. The fourth-order valence-corrected chi connectivity index (χ4v) is 1.69. The molecule has 0 amide bonds. The zero-order valence-corrected chi connectivity index (χ0v) is 10.3. The zero-order chi connectivity index (χ0) is 13.9. The molecule has 0 aliphatic carbocycles.